The maximum Gasteiger partial charge on any atom is 0.190 e. The Morgan fingerprint density at radius 2 is 1.62 bits per heavy atom. The number of rotatable bonds is 2. The molecule has 0 N–H and O–H groups in total. The van der Waals surface area contributed by atoms with E-state index in [0.29, 0.717) is 17.9 Å². The van der Waals surface area contributed by atoms with Crippen LogP contribution in [-0.2, 0) is 16.0 Å². The summed E-state index contributed by atoms with van der Waals surface area (Å²) < 4.78 is 0. The highest BCUT2D eigenvalue weighted by atomic mass is 16.2. The van der Waals surface area contributed by atoms with Gasteiger partial charge in [0.1, 0.15) is 0 Å². The summed E-state index contributed by atoms with van der Waals surface area (Å²) in [7, 11) is 0. The molecule has 3 atom stereocenters. The van der Waals surface area contributed by atoms with Crippen molar-refractivity contribution in [1.82, 2.24) is 0 Å². The lowest BCUT2D eigenvalue weighted by atomic mass is 9.42. The van der Waals surface area contributed by atoms with Gasteiger partial charge in [0.15, 0.2) is 17.3 Å². The first kappa shape index (κ1) is 23.5. The molecule has 0 heterocycles. The van der Waals surface area contributed by atoms with Crippen LogP contribution in [0.4, 0.5) is 0 Å². The van der Waals surface area contributed by atoms with Gasteiger partial charge in [0.25, 0.3) is 0 Å². The Morgan fingerprint density at radius 3 is 2.24 bits per heavy atom. The van der Waals surface area contributed by atoms with Gasteiger partial charge in [-0.05, 0) is 94.7 Å². The van der Waals surface area contributed by atoms with Crippen molar-refractivity contribution in [1.29, 1.82) is 0 Å². The average Bonchev–Trinajstić information content (AvgIpc) is 3.24. The van der Waals surface area contributed by atoms with Gasteiger partial charge in [-0.15, -0.1) is 0 Å². The quantitative estimate of drug-likeness (QED) is 0.448. The molecule has 0 saturated heterocycles. The van der Waals surface area contributed by atoms with Gasteiger partial charge in [0.2, 0.25) is 0 Å². The molecule has 180 valence electrons. The molecule has 3 heteroatoms. The summed E-state index contributed by atoms with van der Waals surface area (Å²) in [6.07, 6.45) is 7.32. The second kappa shape index (κ2) is 7.35. The summed E-state index contributed by atoms with van der Waals surface area (Å²) in [6, 6.07) is 4.41. The molecule has 1 aromatic rings. The van der Waals surface area contributed by atoms with E-state index < -0.39 is 5.41 Å². The molecular formula is C31H38O3. The number of hydrogen-bond acceptors (Lipinski definition) is 3. The topological polar surface area (TPSA) is 51.2 Å². The van der Waals surface area contributed by atoms with E-state index in [-0.39, 0.29) is 28.2 Å². The highest BCUT2D eigenvalue weighted by Gasteiger charge is 2.63. The summed E-state index contributed by atoms with van der Waals surface area (Å²) >= 11 is 0. The summed E-state index contributed by atoms with van der Waals surface area (Å²) in [5, 5.41) is 0. The molecule has 3 nitrogen and oxygen atoms in total. The van der Waals surface area contributed by atoms with Crippen LogP contribution in [0.2, 0.25) is 0 Å². The first-order valence-corrected chi connectivity index (χ1v) is 13.0. The summed E-state index contributed by atoms with van der Waals surface area (Å²) in [5.74, 6) is 0.425. The molecule has 1 saturated carbocycles. The van der Waals surface area contributed by atoms with Crippen molar-refractivity contribution >= 4 is 17.3 Å². The third-order valence-electron chi connectivity index (χ3n) is 10.2. The van der Waals surface area contributed by atoms with Gasteiger partial charge in [-0.2, -0.15) is 0 Å². The van der Waals surface area contributed by atoms with E-state index in [0.717, 1.165) is 40.7 Å². The molecule has 1 fully saturated rings. The molecule has 0 aromatic heterocycles. The zero-order chi connectivity index (χ0) is 24.8. The van der Waals surface area contributed by atoms with Crippen LogP contribution < -0.4 is 0 Å². The third-order valence-corrected chi connectivity index (χ3v) is 10.2. The van der Waals surface area contributed by atoms with Gasteiger partial charge >= 0.3 is 0 Å². The lowest BCUT2D eigenvalue weighted by Gasteiger charge is -2.59. The Kier molecular flexibility index (Phi) is 5.07. The predicted octanol–water partition coefficient (Wildman–Crippen LogP) is 7.01. The number of aryl methyl sites for hydroxylation is 1. The lowest BCUT2D eigenvalue weighted by Crippen LogP contribution is -2.57. The van der Waals surface area contributed by atoms with E-state index in [9.17, 15) is 14.4 Å². The SMILES string of the molecule is CC(=O)C1=C(C)CC2(C)CC3(C)Cc4c(C5CCCC5)ccc(C)c4C(=O)C3=C(C)C2(C)C1=O. The van der Waals surface area contributed by atoms with Crippen LogP contribution in [-0.4, -0.2) is 17.3 Å². The number of benzene rings is 1. The Bertz CT molecular complexity index is 1220. The maximum absolute atomic E-state index is 14.3. The molecule has 3 unspecified atom stereocenters. The van der Waals surface area contributed by atoms with Gasteiger partial charge in [-0.3, -0.25) is 14.4 Å². The van der Waals surface area contributed by atoms with E-state index in [1.54, 1.807) is 0 Å². The first-order valence-electron chi connectivity index (χ1n) is 13.0. The Labute approximate surface area is 204 Å². The minimum atomic E-state index is -0.841. The molecule has 1 aromatic carbocycles. The largest absolute Gasteiger partial charge is 0.294 e. The summed E-state index contributed by atoms with van der Waals surface area (Å²) in [5.41, 5.74) is 6.08. The van der Waals surface area contributed by atoms with E-state index in [1.807, 2.05) is 27.7 Å². The monoisotopic (exact) mass is 458 g/mol. The van der Waals surface area contributed by atoms with Gasteiger partial charge in [-0.25, -0.2) is 0 Å². The number of carbonyl (C=O) groups is 3. The fourth-order valence-electron chi connectivity index (χ4n) is 8.56. The van der Waals surface area contributed by atoms with Gasteiger partial charge in [0, 0.05) is 16.6 Å². The van der Waals surface area contributed by atoms with Crippen molar-refractivity contribution < 1.29 is 14.4 Å². The molecule has 0 aliphatic heterocycles. The predicted molar refractivity (Wildman–Crippen MR) is 135 cm³/mol. The molecule has 0 spiro atoms. The lowest BCUT2D eigenvalue weighted by molar-refractivity contribution is -0.134. The number of fused-ring (bicyclic) bond motifs is 3. The smallest absolute Gasteiger partial charge is 0.190 e. The third kappa shape index (κ3) is 2.85. The van der Waals surface area contributed by atoms with Crippen LogP contribution in [0.3, 0.4) is 0 Å². The van der Waals surface area contributed by atoms with Crippen LogP contribution in [0.25, 0.3) is 0 Å². The molecule has 0 bridgehead atoms. The molecular weight excluding hydrogens is 420 g/mol. The number of ketones is 3. The average molecular weight is 459 g/mol. The van der Waals surface area contributed by atoms with Crippen LogP contribution in [0.5, 0.6) is 0 Å². The minimum absolute atomic E-state index is 0.0895. The van der Waals surface area contributed by atoms with Crippen LogP contribution in [0.15, 0.2) is 34.4 Å². The van der Waals surface area contributed by atoms with Crippen LogP contribution in [0, 0.1) is 23.2 Å². The van der Waals surface area contributed by atoms with Crippen molar-refractivity contribution in [3.05, 3.63) is 56.7 Å². The zero-order valence-electron chi connectivity index (χ0n) is 21.9. The fourth-order valence-corrected chi connectivity index (χ4v) is 8.56. The van der Waals surface area contributed by atoms with Crippen LogP contribution >= 0.6 is 0 Å². The molecule has 0 radical (unpaired) electrons. The fraction of sp³-hybridized carbons (Fsp3) is 0.581. The van der Waals surface area contributed by atoms with E-state index in [1.165, 1.54) is 43.7 Å². The Morgan fingerprint density at radius 1 is 0.971 bits per heavy atom. The summed E-state index contributed by atoms with van der Waals surface area (Å²) in [6.45, 7) is 14.0. The molecule has 4 aliphatic carbocycles. The van der Waals surface area contributed by atoms with E-state index in [4.69, 9.17) is 0 Å². The second-order valence-corrected chi connectivity index (χ2v) is 12.5. The molecule has 0 amide bonds. The van der Waals surface area contributed by atoms with Gasteiger partial charge in [0.05, 0.1) is 11.0 Å². The molecule has 5 rings (SSSR count). The van der Waals surface area contributed by atoms with E-state index >= 15 is 0 Å². The standard InChI is InChI=1S/C31H38O3/c1-17-12-13-22(21-10-8-9-11-21)23-15-29(5)16-30(6)14-18(2)24(20(4)32)28(34)31(30,7)19(3)26(29)27(33)25(17)23/h12-13,21H,8-11,14-16H2,1-7H3. The maximum atomic E-state index is 14.3. The van der Waals surface area contributed by atoms with Gasteiger partial charge in [-0.1, -0.05) is 50.0 Å². The first-order chi connectivity index (χ1) is 15.9. The van der Waals surface area contributed by atoms with Crippen molar-refractivity contribution in [2.45, 2.75) is 99.3 Å². The number of hydrogen-bond donors (Lipinski definition) is 0. The minimum Gasteiger partial charge on any atom is -0.294 e. The van der Waals surface area contributed by atoms with Crippen molar-refractivity contribution in [3.8, 4) is 0 Å². The Balaban J connectivity index is 1.75. The summed E-state index contributed by atoms with van der Waals surface area (Å²) in [4.78, 5) is 40.7. The number of allylic oxidation sites excluding steroid dienone is 4. The van der Waals surface area contributed by atoms with Crippen molar-refractivity contribution in [2.75, 3.05) is 0 Å². The molecule has 34 heavy (non-hydrogen) atoms. The van der Waals surface area contributed by atoms with Crippen molar-refractivity contribution in [3.63, 3.8) is 0 Å². The molecule has 4 aliphatic rings. The Hall–Kier alpha value is -2.29. The van der Waals surface area contributed by atoms with E-state index in [2.05, 4.69) is 26.0 Å². The normalized spacial score (nSPS) is 33.7. The second-order valence-electron chi connectivity index (χ2n) is 12.5. The van der Waals surface area contributed by atoms with Crippen molar-refractivity contribution in [2.24, 2.45) is 16.2 Å². The number of Topliss-reactive ketones (excluding diaryl/α,β-unsaturated/α-hetero) is 3. The highest BCUT2D eigenvalue weighted by molar-refractivity contribution is 6.24. The van der Waals surface area contributed by atoms with Gasteiger partial charge < -0.3 is 0 Å². The number of carbonyl (C=O) groups excluding carboxylic acids is 3. The zero-order valence-corrected chi connectivity index (χ0v) is 21.9. The van der Waals surface area contributed by atoms with Crippen LogP contribution in [0.1, 0.15) is 113 Å². The highest BCUT2D eigenvalue weighted by Crippen LogP contribution is 2.66.